The Bertz CT molecular complexity index is 592. The van der Waals surface area contributed by atoms with Crippen LogP contribution in [0.2, 0.25) is 0 Å². The maximum atomic E-state index is 11.4. The second-order valence-corrected chi connectivity index (χ2v) is 3.90. The summed E-state index contributed by atoms with van der Waals surface area (Å²) < 4.78 is 0. The van der Waals surface area contributed by atoms with Gasteiger partial charge >= 0.3 is 0 Å². The Kier molecular flexibility index (Phi) is 3.10. The molecule has 2 rings (SSSR count). The Balaban J connectivity index is 2.45. The molecule has 4 nitrogen and oxygen atoms in total. The van der Waals surface area contributed by atoms with Crippen LogP contribution >= 0.6 is 0 Å². The third kappa shape index (κ3) is 2.13. The number of aryl methyl sites for hydroxylation is 1. The molecule has 17 heavy (non-hydrogen) atoms. The van der Waals surface area contributed by atoms with Gasteiger partial charge in [0.25, 0.3) is 5.91 Å². The number of fused-ring (bicyclic) bond motifs is 1. The molecule has 0 aliphatic rings. The van der Waals surface area contributed by atoms with Crippen molar-refractivity contribution >= 4 is 16.8 Å². The molecule has 0 saturated carbocycles. The van der Waals surface area contributed by atoms with Crippen LogP contribution in [0.5, 0.6) is 0 Å². The minimum Gasteiger partial charge on any atom is -0.364 e. The SMILES string of the molecule is N#CCCCc1c(C(N)=O)[nH]c2ccccc12. The first-order valence-corrected chi connectivity index (χ1v) is 5.50. The zero-order valence-corrected chi connectivity index (χ0v) is 9.36. The molecule has 0 fully saturated rings. The third-order valence-corrected chi connectivity index (χ3v) is 2.78. The number of aromatic amines is 1. The number of amides is 1. The highest BCUT2D eigenvalue weighted by Gasteiger charge is 2.14. The van der Waals surface area contributed by atoms with E-state index < -0.39 is 5.91 Å². The number of primary amides is 1. The van der Waals surface area contributed by atoms with Gasteiger partial charge in [0.15, 0.2) is 0 Å². The number of carbonyl (C=O) groups excluding carboxylic acids is 1. The fraction of sp³-hybridized carbons (Fsp3) is 0.231. The lowest BCUT2D eigenvalue weighted by Gasteiger charge is -1.99. The molecule has 0 spiro atoms. The molecular formula is C13H13N3O. The van der Waals surface area contributed by atoms with E-state index in [1.165, 1.54) is 0 Å². The summed E-state index contributed by atoms with van der Waals surface area (Å²) in [5, 5.41) is 9.55. The van der Waals surface area contributed by atoms with E-state index in [2.05, 4.69) is 11.1 Å². The summed E-state index contributed by atoms with van der Waals surface area (Å²) in [5.74, 6) is -0.451. The first-order valence-electron chi connectivity index (χ1n) is 5.50. The predicted octanol–water partition coefficient (Wildman–Crippen LogP) is 2.11. The van der Waals surface area contributed by atoms with Crippen LogP contribution in [0.1, 0.15) is 28.9 Å². The van der Waals surface area contributed by atoms with E-state index in [1.807, 2.05) is 24.3 Å². The van der Waals surface area contributed by atoms with Gasteiger partial charge in [0.1, 0.15) is 5.69 Å². The van der Waals surface area contributed by atoms with Gasteiger partial charge in [-0.05, 0) is 24.5 Å². The monoisotopic (exact) mass is 227 g/mol. The van der Waals surface area contributed by atoms with Gasteiger partial charge in [0, 0.05) is 17.3 Å². The van der Waals surface area contributed by atoms with Crippen LogP contribution in [0.4, 0.5) is 0 Å². The lowest BCUT2D eigenvalue weighted by atomic mass is 10.0. The number of unbranched alkanes of at least 4 members (excludes halogenated alkanes) is 1. The molecule has 0 unspecified atom stereocenters. The van der Waals surface area contributed by atoms with E-state index in [4.69, 9.17) is 11.0 Å². The molecule has 1 aromatic carbocycles. The molecule has 0 saturated heterocycles. The maximum absolute atomic E-state index is 11.4. The van der Waals surface area contributed by atoms with Gasteiger partial charge < -0.3 is 10.7 Å². The first-order chi connectivity index (χ1) is 8.24. The Morgan fingerprint density at radius 3 is 2.88 bits per heavy atom. The number of hydrogen-bond acceptors (Lipinski definition) is 2. The Morgan fingerprint density at radius 1 is 1.41 bits per heavy atom. The quantitative estimate of drug-likeness (QED) is 0.784. The lowest BCUT2D eigenvalue weighted by Crippen LogP contribution is -2.13. The van der Waals surface area contributed by atoms with Crippen molar-refractivity contribution in [2.45, 2.75) is 19.3 Å². The summed E-state index contributed by atoms with van der Waals surface area (Å²) >= 11 is 0. The second kappa shape index (κ2) is 4.71. The highest BCUT2D eigenvalue weighted by Crippen LogP contribution is 2.23. The van der Waals surface area contributed by atoms with Gasteiger partial charge in [-0.3, -0.25) is 4.79 Å². The summed E-state index contributed by atoms with van der Waals surface area (Å²) in [5.41, 5.74) is 7.64. The summed E-state index contributed by atoms with van der Waals surface area (Å²) in [6, 6.07) is 9.80. The number of hydrogen-bond donors (Lipinski definition) is 2. The Morgan fingerprint density at radius 2 is 2.18 bits per heavy atom. The number of carbonyl (C=O) groups is 1. The van der Waals surface area contributed by atoms with Crippen LogP contribution in [-0.4, -0.2) is 10.9 Å². The van der Waals surface area contributed by atoms with Crippen LogP contribution in [0.25, 0.3) is 10.9 Å². The van der Waals surface area contributed by atoms with Gasteiger partial charge in [-0.2, -0.15) is 5.26 Å². The first kappa shape index (κ1) is 11.2. The minimum absolute atomic E-state index is 0.451. The van der Waals surface area contributed by atoms with Crippen LogP contribution in [0.15, 0.2) is 24.3 Å². The molecule has 1 aromatic heterocycles. The summed E-state index contributed by atoms with van der Waals surface area (Å²) in [6.07, 6.45) is 1.91. The number of benzene rings is 1. The third-order valence-electron chi connectivity index (χ3n) is 2.78. The number of nitrogens with one attached hydrogen (secondary N) is 1. The van der Waals surface area contributed by atoms with Crippen molar-refractivity contribution in [2.75, 3.05) is 0 Å². The highest BCUT2D eigenvalue weighted by atomic mass is 16.1. The van der Waals surface area contributed by atoms with Crippen molar-refractivity contribution in [3.05, 3.63) is 35.5 Å². The Labute approximate surface area is 99.0 Å². The van der Waals surface area contributed by atoms with E-state index >= 15 is 0 Å². The molecule has 0 aliphatic heterocycles. The van der Waals surface area contributed by atoms with Crippen molar-refractivity contribution < 1.29 is 4.79 Å². The van der Waals surface area contributed by atoms with Gasteiger partial charge in [0.2, 0.25) is 0 Å². The molecule has 0 radical (unpaired) electrons. The zero-order valence-electron chi connectivity index (χ0n) is 9.36. The summed E-state index contributed by atoms with van der Waals surface area (Å²) in [6.45, 7) is 0. The number of nitriles is 1. The summed E-state index contributed by atoms with van der Waals surface area (Å²) in [7, 11) is 0. The van der Waals surface area contributed by atoms with Gasteiger partial charge in [-0.25, -0.2) is 0 Å². The Hall–Kier alpha value is -2.28. The predicted molar refractivity (Wildman–Crippen MR) is 65.4 cm³/mol. The van der Waals surface area contributed by atoms with Crippen molar-refractivity contribution in [1.29, 1.82) is 5.26 Å². The molecule has 0 aliphatic carbocycles. The highest BCUT2D eigenvalue weighted by molar-refractivity contribution is 6.00. The normalized spacial score (nSPS) is 10.3. The number of H-pyrrole nitrogens is 1. The number of aromatic nitrogens is 1. The van der Waals surface area contributed by atoms with Crippen molar-refractivity contribution in [2.24, 2.45) is 5.73 Å². The molecule has 4 heteroatoms. The summed E-state index contributed by atoms with van der Waals surface area (Å²) in [4.78, 5) is 14.4. The smallest absolute Gasteiger partial charge is 0.265 e. The van der Waals surface area contributed by atoms with E-state index in [0.717, 1.165) is 22.9 Å². The molecular weight excluding hydrogens is 214 g/mol. The van der Waals surface area contributed by atoms with E-state index in [-0.39, 0.29) is 0 Å². The van der Waals surface area contributed by atoms with Crippen LogP contribution in [-0.2, 0) is 6.42 Å². The molecule has 0 bridgehead atoms. The van der Waals surface area contributed by atoms with Crippen LogP contribution < -0.4 is 5.73 Å². The van der Waals surface area contributed by atoms with Crippen LogP contribution in [0, 0.1) is 11.3 Å². The molecule has 3 N–H and O–H groups in total. The fourth-order valence-corrected chi connectivity index (χ4v) is 2.01. The molecule has 86 valence electrons. The van der Waals surface area contributed by atoms with E-state index in [1.54, 1.807) is 0 Å². The topological polar surface area (TPSA) is 82.7 Å². The molecule has 1 amide bonds. The average Bonchev–Trinajstić information content (AvgIpc) is 2.69. The number of nitrogens with two attached hydrogens (primary N) is 1. The lowest BCUT2D eigenvalue weighted by molar-refractivity contribution is 0.0995. The van der Waals surface area contributed by atoms with Gasteiger partial charge in [0.05, 0.1) is 6.07 Å². The number of rotatable bonds is 4. The molecule has 2 aromatic rings. The largest absolute Gasteiger partial charge is 0.364 e. The van der Waals surface area contributed by atoms with Crippen molar-refractivity contribution in [1.82, 2.24) is 4.98 Å². The number of para-hydroxylation sites is 1. The van der Waals surface area contributed by atoms with E-state index in [9.17, 15) is 4.79 Å². The molecule has 0 atom stereocenters. The van der Waals surface area contributed by atoms with Crippen molar-refractivity contribution in [3.8, 4) is 6.07 Å². The second-order valence-electron chi connectivity index (χ2n) is 3.90. The van der Waals surface area contributed by atoms with Gasteiger partial charge in [-0.15, -0.1) is 0 Å². The fourth-order valence-electron chi connectivity index (χ4n) is 2.01. The van der Waals surface area contributed by atoms with Crippen LogP contribution in [0.3, 0.4) is 0 Å². The van der Waals surface area contributed by atoms with Crippen molar-refractivity contribution in [3.63, 3.8) is 0 Å². The maximum Gasteiger partial charge on any atom is 0.265 e. The zero-order chi connectivity index (χ0) is 12.3. The average molecular weight is 227 g/mol. The minimum atomic E-state index is -0.451. The standard InChI is InChI=1S/C13H13N3O/c14-8-4-3-6-10-9-5-1-2-7-11(9)16-12(10)13(15)17/h1-2,5,7,16H,3-4,6H2,(H2,15,17). The molecule has 1 heterocycles. The van der Waals surface area contributed by atoms with Gasteiger partial charge in [-0.1, -0.05) is 18.2 Å². The van der Waals surface area contributed by atoms with E-state index in [0.29, 0.717) is 18.5 Å². The number of nitrogens with zero attached hydrogens (tertiary/aromatic N) is 1.